The summed E-state index contributed by atoms with van der Waals surface area (Å²) in [7, 11) is 0. The van der Waals surface area contributed by atoms with Crippen LogP contribution in [0.1, 0.15) is 48.0 Å². The molecule has 1 atom stereocenters. The predicted octanol–water partition coefficient (Wildman–Crippen LogP) is 2.33. The summed E-state index contributed by atoms with van der Waals surface area (Å²) in [6.45, 7) is 1.94. The van der Waals surface area contributed by atoms with Crippen molar-refractivity contribution >= 4 is 17.7 Å². The average Bonchev–Trinajstić information content (AvgIpc) is 3.28. The van der Waals surface area contributed by atoms with E-state index in [1.165, 1.54) is 0 Å². The molecule has 0 aliphatic heterocycles. The molecule has 5 nitrogen and oxygen atoms in total. The summed E-state index contributed by atoms with van der Waals surface area (Å²) in [6, 6.07) is 6.34. The Labute approximate surface area is 129 Å². The molecule has 1 aliphatic rings. The number of amides is 1. The summed E-state index contributed by atoms with van der Waals surface area (Å²) in [5.41, 5.74) is 1.64. The number of carbonyl (C=O) groups is 3. The Bertz CT molecular complexity index is 561. The van der Waals surface area contributed by atoms with Gasteiger partial charge in [0.2, 0.25) is 5.91 Å². The third kappa shape index (κ3) is 4.98. The van der Waals surface area contributed by atoms with Gasteiger partial charge in [0.25, 0.3) is 0 Å². The summed E-state index contributed by atoms with van der Waals surface area (Å²) in [5.74, 6) is -1.08. The minimum atomic E-state index is -1.01. The lowest BCUT2D eigenvalue weighted by Crippen LogP contribution is -2.41. The van der Waals surface area contributed by atoms with Gasteiger partial charge in [-0.3, -0.25) is 9.59 Å². The number of ketones is 1. The molecular formula is C17H21NO4. The fraction of sp³-hybridized carbons (Fsp3) is 0.471. The van der Waals surface area contributed by atoms with Crippen molar-refractivity contribution in [3.05, 3.63) is 35.4 Å². The van der Waals surface area contributed by atoms with E-state index in [-0.39, 0.29) is 24.5 Å². The van der Waals surface area contributed by atoms with E-state index in [9.17, 15) is 14.4 Å². The summed E-state index contributed by atoms with van der Waals surface area (Å²) < 4.78 is 0. The van der Waals surface area contributed by atoms with Crippen molar-refractivity contribution in [1.82, 2.24) is 5.32 Å². The molecule has 0 spiro atoms. The molecule has 2 rings (SSSR count). The first-order chi connectivity index (χ1) is 10.5. The van der Waals surface area contributed by atoms with Crippen molar-refractivity contribution in [2.45, 2.75) is 45.1 Å². The van der Waals surface area contributed by atoms with Crippen LogP contribution in [-0.4, -0.2) is 28.8 Å². The Morgan fingerprint density at radius 2 is 1.82 bits per heavy atom. The lowest BCUT2D eigenvalue weighted by Gasteiger charge is -2.13. The molecule has 1 unspecified atom stereocenters. The molecule has 0 heterocycles. The van der Waals surface area contributed by atoms with Gasteiger partial charge in [-0.25, -0.2) is 4.79 Å². The van der Waals surface area contributed by atoms with Crippen LogP contribution in [0.5, 0.6) is 0 Å². The van der Waals surface area contributed by atoms with E-state index in [2.05, 4.69) is 5.32 Å². The Kier molecular flexibility index (Phi) is 5.31. The normalized spacial score (nSPS) is 15.1. The zero-order valence-corrected chi connectivity index (χ0v) is 12.7. The number of hydrogen-bond donors (Lipinski definition) is 2. The second-order valence-electron chi connectivity index (χ2n) is 5.93. The van der Waals surface area contributed by atoms with E-state index in [1.54, 1.807) is 12.1 Å². The van der Waals surface area contributed by atoms with Crippen LogP contribution in [0.3, 0.4) is 0 Å². The maximum absolute atomic E-state index is 12.0. The van der Waals surface area contributed by atoms with Gasteiger partial charge in [0, 0.05) is 18.4 Å². The van der Waals surface area contributed by atoms with Crippen LogP contribution in [0.4, 0.5) is 0 Å². The van der Waals surface area contributed by atoms with Gasteiger partial charge in [-0.1, -0.05) is 42.7 Å². The molecule has 1 aliphatic carbocycles. The molecule has 0 bridgehead atoms. The standard InChI is InChI=1S/C17H21NO4/c1-11-2-6-13(7-3-11)15(19)8-9-16(20)18-14(17(21)22)10-12-4-5-12/h2-3,6-7,12,14H,4-5,8-10H2,1H3,(H,18,20)(H,21,22). The maximum Gasteiger partial charge on any atom is 0.326 e. The highest BCUT2D eigenvalue weighted by atomic mass is 16.4. The fourth-order valence-corrected chi connectivity index (χ4v) is 2.29. The topological polar surface area (TPSA) is 83.5 Å². The van der Waals surface area contributed by atoms with Gasteiger partial charge >= 0.3 is 5.97 Å². The smallest absolute Gasteiger partial charge is 0.326 e. The minimum Gasteiger partial charge on any atom is -0.480 e. The quantitative estimate of drug-likeness (QED) is 0.722. The minimum absolute atomic E-state index is 0.0150. The van der Waals surface area contributed by atoms with Crippen LogP contribution in [0.15, 0.2) is 24.3 Å². The van der Waals surface area contributed by atoms with Crippen molar-refractivity contribution in [1.29, 1.82) is 0 Å². The predicted molar refractivity (Wildman–Crippen MR) is 81.7 cm³/mol. The van der Waals surface area contributed by atoms with Crippen LogP contribution >= 0.6 is 0 Å². The van der Waals surface area contributed by atoms with Crippen LogP contribution in [0.2, 0.25) is 0 Å². The molecule has 0 saturated heterocycles. The van der Waals surface area contributed by atoms with Crippen LogP contribution in [0, 0.1) is 12.8 Å². The number of nitrogens with one attached hydrogen (secondary N) is 1. The van der Waals surface area contributed by atoms with Crippen LogP contribution in [-0.2, 0) is 9.59 Å². The number of carboxylic acid groups (broad SMARTS) is 1. The first-order valence-corrected chi connectivity index (χ1v) is 7.57. The van der Waals surface area contributed by atoms with Crippen LogP contribution < -0.4 is 5.32 Å². The largest absolute Gasteiger partial charge is 0.480 e. The van der Waals surface area contributed by atoms with E-state index in [4.69, 9.17) is 5.11 Å². The average molecular weight is 303 g/mol. The zero-order chi connectivity index (χ0) is 16.1. The molecular weight excluding hydrogens is 282 g/mol. The third-order valence-corrected chi connectivity index (χ3v) is 3.85. The molecule has 5 heteroatoms. The second kappa shape index (κ2) is 7.20. The number of carbonyl (C=O) groups excluding carboxylic acids is 2. The molecule has 0 radical (unpaired) electrons. The molecule has 1 aromatic rings. The van der Waals surface area contributed by atoms with Gasteiger partial charge in [-0.2, -0.15) is 0 Å². The zero-order valence-electron chi connectivity index (χ0n) is 12.7. The van der Waals surface area contributed by atoms with Crippen LogP contribution in [0.25, 0.3) is 0 Å². The number of rotatable bonds is 8. The molecule has 22 heavy (non-hydrogen) atoms. The SMILES string of the molecule is Cc1ccc(C(=O)CCC(=O)NC(CC2CC2)C(=O)O)cc1. The first kappa shape index (κ1) is 16.2. The van der Waals surface area contributed by atoms with Crippen molar-refractivity contribution in [3.8, 4) is 0 Å². The Morgan fingerprint density at radius 1 is 1.18 bits per heavy atom. The maximum atomic E-state index is 12.0. The molecule has 1 amide bonds. The molecule has 1 aromatic carbocycles. The molecule has 2 N–H and O–H groups in total. The lowest BCUT2D eigenvalue weighted by molar-refractivity contribution is -0.142. The highest BCUT2D eigenvalue weighted by Crippen LogP contribution is 2.33. The molecule has 0 aromatic heterocycles. The van der Waals surface area contributed by atoms with E-state index in [0.29, 0.717) is 17.9 Å². The Morgan fingerprint density at radius 3 is 2.36 bits per heavy atom. The number of aliphatic carboxylic acids is 1. The first-order valence-electron chi connectivity index (χ1n) is 7.57. The summed E-state index contributed by atoms with van der Waals surface area (Å²) in [6.07, 6.45) is 2.65. The number of aryl methyl sites for hydroxylation is 1. The second-order valence-corrected chi connectivity index (χ2v) is 5.93. The fourth-order valence-electron chi connectivity index (χ4n) is 2.29. The molecule has 1 saturated carbocycles. The van der Waals surface area contributed by atoms with Gasteiger partial charge in [-0.15, -0.1) is 0 Å². The van der Waals surface area contributed by atoms with E-state index in [0.717, 1.165) is 18.4 Å². The van der Waals surface area contributed by atoms with Gasteiger partial charge in [0.1, 0.15) is 6.04 Å². The van der Waals surface area contributed by atoms with Crippen molar-refractivity contribution < 1.29 is 19.5 Å². The number of benzene rings is 1. The van der Waals surface area contributed by atoms with Crippen molar-refractivity contribution in [2.24, 2.45) is 5.92 Å². The van der Waals surface area contributed by atoms with Crippen molar-refractivity contribution in [2.75, 3.05) is 0 Å². The van der Waals surface area contributed by atoms with Gasteiger partial charge in [0.05, 0.1) is 0 Å². The van der Waals surface area contributed by atoms with Gasteiger partial charge in [-0.05, 0) is 19.3 Å². The molecule has 118 valence electrons. The summed E-state index contributed by atoms with van der Waals surface area (Å²) >= 11 is 0. The van der Waals surface area contributed by atoms with Gasteiger partial charge in [0.15, 0.2) is 5.78 Å². The molecule has 1 fully saturated rings. The highest BCUT2D eigenvalue weighted by Gasteiger charge is 2.30. The monoisotopic (exact) mass is 303 g/mol. The lowest BCUT2D eigenvalue weighted by atomic mass is 10.0. The van der Waals surface area contributed by atoms with E-state index < -0.39 is 12.0 Å². The number of hydrogen-bond acceptors (Lipinski definition) is 3. The summed E-state index contributed by atoms with van der Waals surface area (Å²) in [4.78, 5) is 34.9. The highest BCUT2D eigenvalue weighted by molar-refractivity contribution is 5.98. The van der Waals surface area contributed by atoms with Crippen molar-refractivity contribution in [3.63, 3.8) is 0 Å². The number of Topliss-reactive ketones (excluding diaryl/α,β-unsaturated/α-hetero) is 1. The van der Waals surface area contributed by atoms with Gasteiger partial charge < -0.3 is 10.4 Å². The Balaban J connectivity index is 1.79. The van der Waals surface area contributed by atoms with E-state index >= 15 is 0 Å². The summed E-state index contributed by atoms with van der Waals surface area (Å²) in [5, 5.41) is 11.6. The number of carboxylic acids is 1. The third-order valence-electron chi connectivity index (χ3n) is 3.85. The van der Waals surface area contributed by atoms with E-state index in [1.807, 2.05) is 19.1 Å². The Hall–Kier alpha value is -2.17.